The molecule has 0 aliphatic carbocycles. The van der Waals surface area contributed by atoms with Crippen LogP contribution in [0.25, 0.3) is 0 Å². The van der Waals surface area contributed by atoms with E-state index in [4.69, 9.17) is 4.74 Å². The molecule has 2 heterocycles. The Morgan fingerprint density at radius 2 is 2.21 bits per heavy atom. The van der Waals surface area contributed by atoms with Gasteiger partial charge in [0.05, 0.1) is 5.69 Å². The maximum absolute atomic E-state index is 11.8. The summed E-state index contributed by atoms with van der Waals surface area (Å²) in [5.41, 5.74) is 1.27. The zero-order chi connectivity index (χ0) is 13.5. The summed E-state index contributed by atoms with van der Waals surface area (Å²) in [5, 5.41) is 6.33. The molecule has 102 valence electrons. The van der Waals surface area contributed by atoms with Gasteiger partial charge in [0.15, 0.2) is 5.60 Å². The third kappa shape index (κ3) is 2.32. The van der Waals surface area contributed by atoms with Crippen molar-refractivity contribution in [2.24, 2.45) is 0 Å². The van der Waals surface area contributed by atoms with E-state index in [0.717, 1.165) is 24.5 Å². The minimum Gasteiger partial charge on any atom is -0.476 e. The van der Waals surface area contributed by atoms with Crippen LogP contribution in [0.15, 0.2) is 18.2 Å². The average molecular weight is 260 g/mol. The Balaban J connectivity index is 1.89. The number of nitrogens with one attached hydrogen (secondary N) is 2. The number of amides is 1. The predicted molar refractivity (Wildman–Crippen MR) is 74.6 cm³/mol. The van der Waals surface area contributed by atoms with Crippen molar-refractivity contribution in [2.45, 2.75) is 38.2 Å². The Morgan fingerprint density at radius 3 is 2.95 bits per heavy atom. The van der Waals surface area contributed by atoms with E-state index < -0.39 is 5.60 Å². The highest BCUT2D eigenvalue weighted by Gasteiger charge is 2.35. The van der Waals surface area contributed by atoms with Crippen LogP contribution in [0.3, 0.4) is 0 Å². The number of hydrogen-bond acceptors (Lipinski definition) is 3. The number of ether oxygens (including phenoxy) is 1. The zero-order valence-corrected chi connectivity index (χ0v) is 11.5. The smallest absolute Gasteiger partial charge is 0.268 e. The number of rotatable bonds is 1. The summed E-state index contributed by atoms with van der Waals surface area (Å²) in [7, 11) is 0. The number of fused-ring (bicyclic) bond motifs is 1. The number of anilines is 1. The first-order chi connectivity index (χ1) is 9.06. The maximum Gasteiger partial charge on any atom is 0.268 e. The Morgan fingerprint density at radius 1 is 1.37 bits per heavy atom. The van der Waals surface area contributed by atoms with Crippen molar-refractivity contribution >= 4 is 11.6 Å². The SMILES string of the molecule is CC1(C)Oc2cc(C3CCCNC3)ccc2NC1=O. The van der Waals surface area contributed by atoms with Gasteiger partial charge in [-0.25, -0.2) is 0 Å². The van der Waals surface area contributed by atoms with Crippen LogP contribution in [-0.4, -0.2) is 24.6 Å². The first kappa shape index (κ1) is 12.5. The molecule has 1 amide bonds. The fraction of sp³-hybridized carbons (Fsp3) is 0.533. The fourth-order valence-corrected chi connectivity index (χ4v) is 2.71. The molecule has 0 radical (unpaired) electrons. The summed E-state index contributed by atoms with van der Waals surface area (Å²) in [4.78, 5) is 11.8. The van der Waals surface area contributed by atoms with Gasteiger partial charge in [-0.05, 0) is 56.8 Å². The lowest BCUT2D eigenvalue weighted by atomic mass is 9.91. The maximum atomic E-state index is 11.8. The number of carbonyl (C=O) groups is 1. The molecule has 0 saturated carbocycles. The summed E-state index contributed by atoms with van der Waals surface area (Å²) in [5.74, 6) is 1.24. The molecule has 4 heteroatoms. The van der Waals surface area contributed by atoms with Gasteiger partial charge in [0.1, 0.15) is 5.75 Å². The predicted octanol–water partition coefficient (Wildman–Crippen LogP) is 2.26. The van der Waals surface area contributed by atoms with Gasteiger partial charge in [0.2, 0.25) is 0 Å². The molecule has 3 rings (SSSR count). The topological polar surface area (TPSA) is 50.4 Å². The lowest BCUT2D eigenvalue weighted by Crippen LogP contribution is -2.45. The van der Waals surface area contributed by atoms with Crippen LogP contribution in [0.4, 0.5) is 5.69 Å². The van der Waals surface area contributed by atoms with E-state index in [2.05, 4.69) is 22.8 Å². The molecular weight excluding hydrogens is 240 g/mol. The van der Waals surface area contributed by atoms with E-state index in [9.17, 15) is 4.79 Å². The first-order valence-corrected chi connectivity index (χ1v) is 6.91. The van der Waals surface area contributed by atoms with Gasteiger partial charge in [-0.15, -0.1) is 0 Å². The molecule has 4 nitrogen and oxygen atoms in total. The average Bonchev–Trinajstić information content (AvgIpc) is 2.40. The van der Waals surface area contributed by atoms with E-state index >= 15 is 0 Å². The summed E-state index contributed by atoms with van der Waals surface area (Å²) in [6.45, 7) is 5.72. The lowest BCUT2D eigenvalue weighted by Gasteiger charge is -2.32. The van der Waals surface area contributed by atoms with Crippen molar-refractivity contribution in [2.75, 3.05) is 18.4 Å². The second-order valence-corrected chi connectivity index (χ2v) is 5.87. The Bertz CT molecular complexity index is 505. The molecule has 1 aromatic carbocycles. The molecule has 2 N–H and O–H groups in total. The standard InChI is InChI=1S/C15H20N2O2/c1-15(2)14(18)17-12-6-5-10(8-13(12)19-15)11-4-3-7-16-9-11/h5-6,8,11,16H,3-4,7,9H2,1-2H3,(H,17,18). The van der Waals surface area contributed by atoms with Gasteiger partial charge < -0.3 is 15.4 Å². The van der Waals surface area contributed by atoms with Crippen molar-refractivity contribution in [3.05, 3.63) is 23.8 Å². The molecule has 2 aliphatic rings. The van der Waals surface area contributed by atoms with E-state index in [1.54, 1.807) is 13.8 Å². The summed E-state index contributed by atoms with van der Waals surface area (Å²) < 4.78 is 5.83. The molecule has 1 unspecified atom stereocenters. The van der Waals surface area contributed by atoms with Crippen molar-refractivity contribution in [1.29, 1.82) is 0 Å². The summed E-state index contributed by atoms with van der Waals surface area (Å²) >= 11 is 0. The van der Waals surface area contributed by atoms with Crippen molar-refractivity contribution < 1.29 is 9.53 Å². The van der Waals surface area contributed by atoms with E-state index in [-0.39, 0.29) is 5.91 Å². The Labute approximate surface area is 113 Å². The van der Waals surface area contributed by atoms with E-state index in [1.807, 2.05) is 6.07 Å². The zero-order valence-electron chi connectivity index (χ0n) is 11.5. The fourth-order valence-electron chi connectivity index (χ4n) is 2.71. The molecule has 19 heavy (non-hydrogen) atoms. The highest BCUT2D eigenvalue weighted by Crippen LogP contribution is 2.36. The van der Waals surface area contributed by atoms with Crippen molar-refractivity contribution in [3.63, 3.8) is 0 Å². The monoisotopic (exact) mass is 260 g/mol. The summed E-state index contributed by atoms with van der Waals surface area (Å²) in [6.07, 6.45) is 2.42. The minimum atomic E-state index is -0.795. The third-order valence-electron chi connectivity index (χ3n) is 3.93. The Hall–Kier alpha value is -1.55. The van der Waals surface area contributed by atoms with Crippen LogP contribution < -0.4 is 15.4 Å². The molecule has 2 aliphatic heterocycles. The van der Waals surface area contributed by atoms with Gasteiger partial charge in [-0.2, -0.15) is 0 Å². The third-order valence-corrected chi connectivity index (χ3v) is 3.93. The largest absolute Gasteiger partial charge is 0.476 e. The lowest BCUT2D eigenvalue weighted by molar-refractivity contribution is -0.129. The van der Waals surface area contributed by atoms with Gasteiger partial charge in [-0.3, -0.25) is 4.79 Å². The molecule has 0 spiro atoms. The number of carbonyl (C=O) groups excluding carboxylic acids is 1. The van der Waals surface area contributed by atoms with Crippen LogP contribution in [0, 0.1) is 0 Å². The molecule has 1 atom stereocenters. The van der Waals surface area contributed by atoms with Gasteiger partial charge in [0, 0.05) is 6.54 Å². The van der Waals surface area contributed by atoms with Crippen LogP contribution in [0.5, 0.6) is 5.75 Å². The quantitative estimate of drug-likeness (QED) is 0.814. The van der Waals surface area contributed by atoms with E-state index in [1.165, 1.54) is 18.4 Å². The normalized spacial score (nSPS) is 25.2. The molecule has 1 fully saturated rings. The first-order valence-electron chi connectivity index (χ1n) is 6.91. The van der Waals surface area contributed by atoms with Crippen LogP contribution in [-0.2, 0) is 4.79 Å². The van der Waals surface area contributed by atoms with Crippen LogP contribution >= 0.6 is 0 Å². The molecule has 1 saturated heterocycles. The second-order valence-electron chi connectivity index (χ2n) is 5.87. The summed E-state index contributed by atoms with van der Waals surface area (Å²) in [6, 6.07) is 6.12. The van der Waals surface area contributed by atoms with Gasteiger partial charge in [-0.1, -0.05) is 6.07 Å². The minimum absolute atomic E-state index is 0.0907. The molecule has 0 bridgehead atoms. The van der Waals surface area contributed by atoms with Gasteiger partial charge >= 0.3 is 0 Å². The number of hydrogen-bond donors (Lipinski definition) is 2. The van der Waals surface area contributed by atoms with Gasteiger partial charge in [0.25, 0.3) is 5.91 Å². The van der Waals surface area contributed by atoms with Crippen molar-refractivity contribution in [1.82, 2.24) is 5.32 Å². The molecule has 1 aromatic rings. The highest BCUT2D eigenvalue weighted by atomic mass is 16.5. The van der Waals surface area contributed by atoms with Crippen LogP contribution in [0.2, 0.25) is 0 Å². The number of benzene rings is 1. The second kappa shape index (κ2) is 4.53. The highest BCUT2D eigenvalue weighted by molar-refractivity contribution is 6.00. The number of piperidine rings is 1. The van der Waals surface area contributed by atoms with Crippen molar-refractivity contribution in [3.8, 4) is 5.75 Å². The van der Waals surface area contributed by atoms with E-state index in [0.29, 0.717) is 5.92 Å². The molecule has 0 aromatic heterocycles. The molecular formula is C15H20N2O2. The Kier molecular flexibility index (Phi) is 2.97. The van der Waals surface area contributed by atoms with Crippen LogP contribution in [0.1, 0.15) is 38.2 Å².